The maximum atomic E-state index is 12.3. The number of esters is 2. The number of anilines is 2. The van der Waals surface area contributed by atoms with Crippen LogP contribution in [0.1, 0.15) is 30.6 Å². The molecule has 0 radical (unpaired) electrons. The number of nitrogens with zero attached hydrogens (tertiary/aromatic N) is 5. The van der Waals surface area contributed by atoms with Gasteiger partial charge in [0.05, 0.1) is 32.5 Å². The largest absolute Gasteiger partial charge is 0.455 e. The zero-order valence-corrected chi connectivity index (χ0v) is 26.1. The maximum absolute atomic E-state index is 12.3. The number of ketones is 1. The van der Waals surface area contributed by atoms with E-state index in [4.69, 9.17) is 9.47 Å². The predicted molar refractivity (Wildman–Crippen MR) is 168 cm³/mol. The summed E-state index contributed by atoms with van der Waals surface area (Å²) in [6, 6.07) is 14.8. The molecule has 0 aliphatic carbocycles. The Hall–Kier alpha value is -5.58. The van der Waals surface area contributed by atoms with E-state index in [2.05, 4.69) is 31.5 Å². The SMILES string of the molecule is CCN(CCC(=O)OCC(=O)OCC(=O)c1ccccc1)c1ccc(N=Nc2c(Br)cc([N+](=O)[O-])cc2[N+](=O)[O-])c(NC(C)=O)c1. The van der Waals surface area contributed by atoms with Crippen LogP contribution in [0.25, 0.3) is 0 Å². The number of ether oxygens (including phenoxy) is 2. The van der Waals surface area contributed by atoms with Crippen LogP contribution in [0.5, 0.6) is 0 Å². The van der Waals surface area contributed by atoms with Crippen molar-refractivity contribution in [3.05, 3.63) is 90.9 Å². The molecule has 0 fully saturated rings. The van der Waals surface area contributed by atoms with Crippen LogP contribution in [-0.2, 0) is 23.9 Å². The third-order valence-electron chi connectivity index (χ3n) is 6.13. The number of non-ortho nitro benzene ring substituents is 1. The monoisotopic (exact) mass is 698 g/mol. The fourth-order valence-corrected chi connectivity index (χ4v) is 4.44. The van der Waals surface area contributed by atoms with E-state index < -0.39 is 58.1 Å². The highest BCUT2D eigenvalue weighted by molar-refractivity contribution is 9.10. The van der Waals surface area contributed by atoms with Gasteiger partial charge in [0, 0.05) is 37.3 Å². The third kappa shape index (κ3) is 9.98. The molecule has 0 bridgehead atoms. The molecule has 1 N–H and O–H groups in total. The molecule has 0 saturated heterocycles. The maximum Gasteiger partial charge on any atom is 0.344 e. The lowest BCUT2D eigenvalue weighted by molar-refractivity contribution is -0.393. The fourth-order valence-electron chi connectivity index (χ4n) is 3.92. The van der Waals surface area contributed by atoms with Crippen molar-refractivity contribution < 1.29 is 38.5 Å². The quantitative estimate of drug-likeness (QED) is 0.0655. The van der Waals surface area contributed by atoms with Crippen LogP contribution >= 0.6 is 15.9 Å². The van der Waals surface area contributed by atoms with Crippen molar-refractivity contribution in [1.29, 1.82) is 0 Å². The van der Waals surface area contributed by atoms with Crippen molar-refractivity contribution in [2.45, 2.75) is 20.3 Å². The average molecular weight is 699 g/mol. The summed E-state index contributed by atoms with van der Waals surface area (Å²) in [5.41, 5.74) is -0.166. The average Bonchev–Trinajstić information content (AvgIpc) is 3.02. The lowest BCUT2D eigenvalue weighted by Gasteiger charge is -2.23. The van der Waals surface area contributed by atoms with Gasteiger partial charge in [-0.3, -0.25) is 34.6 Å². The summed E-state index contributed by atoms with van der Waals surface area (Å²) in [4.78, 5) is 71.0. The van der Waals surface area contributed by atoms with Gasteiger partial charge < -0.3 is 19.7 Å². The lowest BCUT2D eigenvalue weighted by Crippen LogP contribution is -2.27. The van der Waals surface area contributed by atoms with Crippen LogP contribution in [-0.4, -0.2) is 59.8 Å². The summed E-state index contributed by atoms with van der Waals surface area (Å²) in [5.74, 6) is -2.40. The Kier molecular flexibility index (Phi) is 12.5. The Morgan fingerprint density at radius 3 is 2.24 bits per heavy atom. The molecular weight excluding hydrogens is 672 g/mol. The highest BCUT2D eigenvalue weighted by atomic mass is 79.9. The molecule has 0 heterocycles. The van der Waals surface area contributed by atoms with Crippen LogP contribution in [0.2, 0.25) is 0 Å². The zero-order valence-electron chi connectivity index (χ0n) is 24.5. The van der Waals surface area contributed by atoms with E-state index in [-0.39, 0.29) is 34.5 Å². The van der Waals surface area contributed by atoms with Crippen molar-refractivity contribution in [3.63, 3.8) is 0 Å². The first-order valence-corrected chi connectivity index (χ1v) is 14.3. The first kappa shape index (κ1) is 34.9. The van der Waals surface area contributed by atoms with E-state index in [1.807, 2.05) is 6.92 Å². The Morgan fingerprint density at radius 2 is 1.61 bits per heavy atom. The van der Waals surface area contributed by atoms with Gasteiger partial charge in [0.15, 0.2) is 24.7 Å². The predicted octanol–water partition coefficient (Wildman–Crippen LogP) is 5.83. The van der Waals surface area contributed by atoms with Crippen LogP contribution in [0.3, 0.4) is 0 Å². The molecule has 17 heteroatoms. The second-order valence-corrected chi connectivity index (χ2v) is 10.2. The molecule has 1 amide bonds. The van der Waals surface area contributed by atoms with Crippen LogP contribution in [0.15, 0.2) is 75.4 Å². The molecule has 16 nitrogen and oxygen atoms in total. The van der Waals surface area contributed by atoms with Gasteiger partial charge in [-0.05, 0) is 41.1 Å². The zero-order chi connectivity index (χ0) is 33.8. The molecule has 3 aromatic rings. The summed E-state index contributed by atoms with van der Waals surface area (Å²) < 4.78 is 9.82. The van der Waals surface area contributed by atoms with Gasteiger partial charge in [-0.15, -0.1) is 10.2 Å². The molecule has 0 aliphatic heterocycles. The minimum atomic E-state index is -0.874. The Bertz CT molecular complexity index is 1680. The molecule has 240 valence electrons. The van der Waals surface area contributed by atoms with Crippen LogP contribution in [0.4, 0.5) is 34.1 Å². The molecule has 0 aromatic heterocycles. The first-order valence-electron chi connectivity index (χ1n) is 13.5. The number of amides is 1. The Balaban J connectivity index is 1.66. The number of benzene rings is 3. The van der Waals surface area contributed by atoms with Crippen molar-refractivity contribution in [3.8, 4) is 0 Å². The molecular formula is C29H27BrN6O10. The van der Waals surface area contributed by atoms with Crippen LogP contribution < -0.4 is 10.2 Å². The molecule has 3 aromatic carbocycles. The third-order valence-corrected chi connectivity index (χ3v) is 6.73. The fraction of sp³-hybridized carbons (Fsp3) is 0.241. The summed E-state index contributed by atoms with van der Waals surface area (Å²) in [7, 11) is 0. The second-order valence-electron chi connectivity index (χ2n) is 9.33. The minimum Gasteiger partial charge on any atom is -0.455 e. The summed E-state index contributed by atoms with van der Waals surface area (Å²) in [6.07, 6.45) is -0.112. The van der Waals surface area contributed by atoms with Crippen molar-refractivity contribution in [2.75, 3.05) is 36.5 Å². The summed E-state index contributed by atoms with van der Waals surface area (Å²) in [6.45, 7) is 2.53. The minimum absolute atomic E-state index is 0.0344. The molecule has 46 heavy (non-hydrogen) atoms. The van der Waals surface area contributed by atoms with Gasteiger partial charge in [-0.25, -0.2) is 4.79 Å². The van der Waals surface area contributed by atoms with Gasteiger partial charge >= 0.3 is 17.6 Å². The Labute approximate surface area is 269 Å². The smallest absolute Gasteiger partial charge is 0.344 e. The van der Waals surface area contributed by atoms with Crippen molar-refractivity contribution >= 4 is 73.7 Å². The Morgan fingerprint density at radius 1 is 0.913 bits per heavy atom. The molecule has 0 spiro atoms. The number of carbonyl (C=O) groups is 4. The standard InChI is InChI=1S/C29H27BrN6O10/c1-3-34(12-11-27(39)46-17-28(40)45-16-26(38)19-7-5-4-6-8-19)20-9-10-23(24(14-20)31-18(2)37)32-33-29-22(30)13-21(35(41)42)15-25(29)36(43)44/h4-10,13-15H,3,11-12,16-17H2,1-2H3,(H,31,37). The number of carbonyl (C=O) groups excluding carboxylic acids is 4. The molecule has 0 saturated carbocycles. The normalized spacial score (nSPS) is 10.7. The van der Waals surface area contributed by atoms with E-state index in [1.165, 1.54) is 13.0 Å². The van der Waals surface area contributed by atoms with Crippen molar-refractivity contribution in [2.24, 2.45) is 10.2 Å². The number of nitro benzene ring substituents is 2. The second kappa shape index (κ2) is 16.5. The van der Waals surface area contributed by atoms with E-state index >= 15 is 0 Å². The van der Waals surface area contributed by atoms with Gasteiger partial charge in [-0.1, -0.05) is 30.3 Å². The van der Waals surface area contributed by atoms with E-state index in [0.717, 1.165) is 12.1 Å². The van der Waals surface area contributed by atoms with Gasteiger partial charge in [0.2, 0.25) is 5.91 Å². The first-order chi connectivity index (χ1) is 21.9. The van der Waals surface area contributed by atoms with E-state index in [0.29, 0.717) is 17.8 Å². The number of hydrogen-bond donors (Lipinski definition) is 1. The number of Topliss-reactive ketones (excluding diaryl/α,β-unsaturated/α-hetero) is 1. The highest BCUT2D eigenvalue weighted by Crippen LogP contribution is 2.40. The number of rotatable bonds is 15. The highest BCUT2D eigenvalue weighted by Gasteiger charge is 2.24. The van der Waals surface area contributed by atoms with Gasteiger partial charge in [0.1, 0.15) is 5.69 Å². The molecule has 0 aliphatic rings. The topological polar surface area (TPSA) is 213 Å². The van der Waals surface area contributed by atoms with E-state index in [1.54, 1.807) is 47.4 Å². The number of halogens is 1. The number of azo groups is 1. The van der Waals surface area contributed by atoms with Gasteiger partial charge in [-0.2, -0.15) is 0 Å². The van der Waals surface area contributed by atoms with Gasteiger partial charge in [0.25, 0.3) is 5.69 Å². The number of nitro groups is 2. The summed E-state index contributed by atoms with van der Waals surface area (Å²) in [5, 5.41) is 33.2. The van der Waals surface area contributed by atoms with E-state index in [9.17, 15) is 39.4 Å². The molecule has 3 rings (SSSR count). The van der Waals surface area contributed by atoms with Crippen LogP contribution in [0, 0.1) is 20.2 Å². The molecule has 0 unspecified atom stereocenters. The number of nitrogens with one attached hydrogen (secondary N) is 1. The lowest BCUT2D eigenvalue weighted by atomic mass is 10.1. The van der Waals surface area contributed by atoms with Crippen molar-refractivity contribution in [1.82, 2.24) is 0 Å². The summed E-state index contributed by atoms with van der Waals surface area (Å²) >= 11 is 3.06. The number of hydrogen-bond acceptors (Lipinski definition) is 13. The molecule has 0 atom stereocenters.